The van der Waals surface area contributed by atoms with Crippen LogP contribution in [0.4, 0.5) is 11.4 Å². The molecule has 3 N–H and O–H groups in total. The van der Waals surface area contributed by atoms with Crippen molar-refractivity contribution in [2.24, 2.45) is 0 Å². The van der Waals surface area contributed by atoms with Gasteiger partial charge in [0.1, 0.15) is 4.90 Å². The Balaban J connectivity index is 2.46. The Hall–Kier alpha value is -0.760. The van der Waals surface area contributed by atoms with Crippen LogP contribution < -0.4 is 10.5 Å². The van der Waals surface area contributed by atoms with Crippen LogP contribution in [0.1, 0.15) is 0 Å². The second-order valence-corrected chi connectivity index (χ2v) is 7.68. The molecular weight excluding hydrogens is 431 g/mol. The summed E-state index contributed by atoms with van der Waals surface area (Å²) in [5.41, 5.74) is 6.21. The number of sulfonamides is 1. The van der Waals surface area contributed by atoms with Gasteiger partial charge in [0.05, 0.1) is 11.4 Å². The van der Waals surface area contributed by atoms with Crippen molar-refractivity contribution in [1.82, 2.24) is 0 Å². The van der Waals surface area contributed by atoms with Crippen LogP contribution in [-0.2, 0) is 10.0 Å². The Kier molecular flexibility index (Phi) is 4.63. The topological polar surface area (TPSA) is 72.2 Å². The van der Waals surface area contributed by atoms with E-state index in [1.165, 1.54) is 18.2 Å². The predicted molar refractivity (Wildman–Crippen MR) is 88.5 cm³/mol. The molecule has 2 aromatic carbocycles. The fourth-order valence-electron chi connectivity index (χ4n) is 1.55. The molecule has 0 amide bonds. The molecule has 0 saturated carbocycles. The number of halogens is 3. The van der Waals surface area contributed by atoms with Gasteiger partial charge in [0.2, 0.25) is 0 Å². The summed E-state index contributed by atoms with van der Waals surface area (Å²) in [7, 11) is -3.80. The van der Waals surface area contributed by atoms with Crippen LogP contribution in [0.3, 0.4) is 0 Å². The summed E-state index contributed by atoms with van der Waals surface area (Å²) in [6.45, 7) is 0. The standard InChI is InChI=1S/C12H9Br2ClN2O2S/c13-8-2-1-3-9(14)12(8)17-20(18,19)11-5-4-7(15)6-10(11)16/h1-6,17H,16H2. The molecule has 0 heterocycles. The number of para-hydroxylation sites is 1. The molecule has 0 saturated heterocycles. The van der Waals surface area contributed by atoms with Crippen LogP contribution in [0.2, 0.25) is 5.02 Å². The van der Waals surface area contributed by atoms with Gasteiger partial charge in [-0.25, -0.2) is 8.42 Å². The maximum atomic E-state index is 12.4. The molecule has 20 heavy (non-hydrogen) atoms. The normalized spacial score (nSPS) is 11.3. The second kappa shape index (κ2) is 5.93. The Morgan fingerprint density at radius 1 is 1.10 bits per heavy atom. The summed E-state index contributed by atoms with van der Waals surface area (Å²) in [6, 6.07) is 9.47. The maximum absolute atomic E-state index is 12.4. The lowest BCUT2D eigenvalue weighted by atomic mass is 10.3. The quantitative estimate of drug-likeness (QED) is 0.701. The van der Waals surface area contributed by atoms with Crippen molar-refractivity contribution >= 4 is 64.9 Å². The number of nitrogens with two attached hydrogens (primary N) is 1. The Morgan fingerprint density at radius 2 is 1.70 bits per heavy atom. The summed E-state index contributed by atoms with van der Waals surface area (Å²) in [5.74, 6) is 0. The number of anilines is 2. The number of hydrogen-bond donors (Lipinski definition) is 2. The zero-order valence-corrected chi connectivity index (χ0v) is 14.6. The van der Waals surface area contributed by atoms with Crippen LogP contribution in [0.15, 0.2) is 50.2 Å². The van der Waals surface area contributed by atoms with Gasteiger partial charge in [-0.15, -0.1) is 0 Å². The van der Waals surface area contributed by atoms with Crippen LogP contribution in [0.5, 0.6) is 0 Å². The third kappa shape index (κ3) is 3.28. The van der Waals surface area contributed by atoms with Crippen molar-refractivity contribution in [1.29, 1.82) is 0 Å². The summed E-state index contributed by atoms with van der Waals surface area (Å²) in [5, 5.41) is 0.378. The third-order valence-electron chi connectivity index (χ3n) is 2.46. The van der Waals surface area contributed by atoms with E-state index in [2.05, 4.69) is 36.6 Å². The third-order valence-corrected chi connectivity index (χ3v) is 5.44. The molecule has 8 heteroatoms. The molecule has 0 atom stereocenters. The van der Waals surface area contributed by atoms with Gasteiger partial charge in [0.15, 0.2) is 0 Å². The minimum atomic E-state index is -3.80. The van der Waals surface area contributed by atoms with Gasteiger partial charge in [0.25, 0.3) is 10.0 Å². The van der Waals surface area contributed by atoms with E-state index < -0.39 is 10.0 Å². The zero-order chi connectivity index (χ0) is 14.9. The SMILES string of the molecule is Nc1cc(Cl)ccc1S(=O)(=O)Nc1c(Br)cccc1Br. The summed E-state index contributed by atoms with van der Waals surface area (Å²) in [4.78, 5) is -0.0236. The van der Waals surface area contributed by atoms with Crippen LogP contribution in [0.25, 0.3) is 0 Å². The highest BCUT2D eigenvalue weighted by atomic mass is 79.9. The smallest absolute Gasteiger partial charge is 0.264 e. The first kappa shape index (κ1) is 15.6. The van der Waals surface area contributed by atoms with E-state index >= 15 is 0 Å². The van der Waals surface area contributed by atoms with Crippen molar-refractivity contribution < 1.29 is 8.42 Å². The van der Waals surface area contributed by atoms with Crippen molar-refractivity contribution in [2.45, 2.75) is 4.90 Å². The molecule has 2 rings (SSSR count). The van der Waals surface area contributed by atoms with Crippen LogP contribution >= 0.6 is 43.5 Å². The van der Waals surface area contributed by atoms with E-state index in [1.54, 1.807) is 18.2 Å². The highest BCUT2D eigenvalue weighted by Crippen LogP contribution is 2.33. The number of nitrogen functional groups attached to an aromatic ring is 1. The molecule has 106 valence electrons. The molecule has 0 fully saturated rings. The molecule has 0 aliphatic carbocycles. The molecule has 0 unspecified atom stereocenters. The molecule has 0 aromatic heterocycles. The summed E-state index contributed by atoms with van der Waals surface area (Å²) >= 11 is 12.4. The average Bonchev–Trinajstić information content (AvgIpc) is 2.33. The molecule has 0 bridgehead atoms. The van der Waals surface area contributed by atoms with E-state index in [4.69, 9.17) is 17.3 Å². The lowest BCUT2D eigenvalue weighted by molar-refractivity contribution is 0.601. The van der Waals surface area contributed by atoms with Crippen molar-refractivity contribution in [3.63, 3.8) is 0 Å². The molecular formula is C12H9Br2ClN2O2S. The van der Waals surface area contributed by atoms with Gasteiger partial charge in [-0.3, -0.25) is 4.72 Å². The van der Waals surface area contributed by atoms with Gasteiger partial charge in [-0.05, 0) is 62.2 Å². The highest BCUT2D eigenvalue weighted by Gasteiger charge is 2.20. The summed E-state index contributed by atoms with van der Waals surface area (Å²) in [6.07, 6.45) is 0. The van der Waals surface area contributed by atoms with E-state index in [0.29, 0.717) is 19.7 Å². The highest BCUT2D eigenvalue weighted by molar-refractivity contribution is 9.11. The first-order chi connectivity index (χ1) is 9.31. The monoisotopic (exact) mass is 438 g/mol. The Morgan fingerprint density at radius 3 is 2.25 bits per heavy atom. The molecule has 0 radical (unpaired) electrons. The molecule has 0 spiro atoms. The number of rotatable bonds is 3. The van der Waals surface area contributed by atoms with E-state index in [1.807, 2.05) is 0 Å². The van der Waals surface area contributed by atoms with Crippen molar-refractivity contribution in [3.05, 3.63) is 50.4 Å². The summed E-state index contributed by atoms with van der Waals surface area (Å²) < 4.78 is 28.4. The van der Waals surface area contributed by atoms with E-state index in [-0.39, 0.29) is 10.6 Å². The first-order valence-electron chi connectivity index (χ1n) is 5.33. The zero-order valence-electron chi connectivity index (χ0n) is 9.90. The molecule has 0 aliphatic rings. The van der Waals surface area contributed by atoms with Crippen molar-refractivity contribution in [3.8, 4) is 0 Å². The minimum absolute atomic E-state index is 0.0236. The van der Waals surface area contributed by atoms with Crippen LogP contribution in [0, 0.1) is 0 Å². The molecule has 2 aromatic rings. The Labute approximate surface area is 138 Å². The van der Waals surface area contributed by atoms with Crippen molar-refractivity contribution in [2.75, 3.05) is 10.5 Å². The van der Waals surface area contributed by atoms with E-state index in [0.717, 1.165) is 0 Å². The lowest BCUT2D eigenvalue weighted by Crippen LogP contribution is -2.15. The average molecular weight is 441 g/mol. The Bertz CT molecular complexity index is 746. The molecule has 4 nitrogen and oxygen atoms in total. The second-order valence-electron chi connectivity index (χ2n) is 3.88. The largest absolute Gasteiger partial charge is 0.398 e. The maximum Gasteiger partial charge on any atom is 0.264 e. The number of hydrogen-bond acceptors (Lipinski definition) is 3. The number of nitrogens with one attached hydrogen (secondary N) is 1. The lowest BCUT2D eigenvalue weighted by Gasteiger charge is -2.13. The van der Waals surface area contributed by atoms with Gasteiger partial charge < -0.3 is 5.73 Å². The fraction of sp³-hybridized carbons (Fsp3) is 0. The fourth-order valence-corrected chi connectivity index (χ4v) is 4.40. The minimum Gasteiger partial charge on any atom is -0.398 e. The first-order valence-corrected chi connectivity index (χ1v) is 8.78. The van der Waals surface area contributed by atoms with Gasteiger partial charge >= 0.3 is 0 Å². The van der Waals surface area contributed by atoms with Gasteiger partial charge in [-0.2, -0.15) is 0 Å². The predicted octanol–water partition coefficient (Wildman–Crippen LogP) is 4.25. The molecule has 0 aliphatic heterocycles. The van der Waals surface area contributed by atoms with E-state index in [9.17, 15) is 8.42 Å². The van der Waals surface area contributed by atoms with Gasteiger partial charge in [0, 0.05) is 14.0 Å². The van der Waals surface area contributed by atoms with Crippen LogP contribution in [-0.4, -0.2) is 8.42 Å². The number of benzene rings is 2. The van der Waals surface area contributed by atoms with Gasteiger partial charge in [-0.1, -0.05) is 17.7 Å².